The molecule has 42 nitrogen and oxygen atoms in total. The van der Waals surface area contributed by atoms with Crippen LogP contribution < -0.4 is 22.9 Å². The third-order valence-electron chi connectivity index (χ3n) is 14.9. The molecule has 0 bridgehead atoms. The Bertz CT molecular complexity index is 1700. The fourth-order valence-electron chi connectivity index (χ4n) is 9.14. The summed E-state index contributed by atoms with van der Waals surface area (Å²) in [6.45, 7) is 15.5. The van der Waals surface area contributed by atoms with Crippen LogP contribution in [0.5, 0.6) is 0 Å². The van der Waals surface area contributed by atoms with Gasteiger partial charge in [-0.25, -0.2) is 0 Å². The molecule has 8 atom stereocenters. The van der Waals surface area contributed by atoms with Gasteiger partial charge >= 0.3 is 0 Å². The first kappa shape index (κ1) is 121. The van der Waals surface area contributed by atoms with Gasteiger partial charge in [-0.2, -0.15) is 0 Å². The molecule has 0 amide bonds. The number of aliphatic hydroxyl groups excluding tert-OH is 8. The van der Waals surface area contributed by atoms with Crippen LogP contribution >= 0.6 is 0 Å². The van der Waals surface area contributed by atoms with Crippen LogP contribution in [-0.2, 0) is 142 Å². The van der Waals surface area contributed by atoms with Gasteiger partial charge in [0.2, 0.25) is 0 Å². The van der Waals surface area contributed by atoms with E-state index in [4.69, 9.17) is 196 Å². The van der Waals surface area contributed by atoms with Crippen LogP contribution in [0.4, 0.5) is 0 Å². The molecule has 0 radical (unpaired) electrons. The predicted octanol–water partition coefficient (Wildman–Crippen LogP) is -4.61. The molecule has 0 aliphatic rings. The van der Waals surface area contributed by atoms with E-state index in [9.17, 15) is 10.2 Å². The molecule has 42 heteroatoms. The smallest absolute Gasteiger partial charge is 0.104 e. The van der Waals surface area contributed by atoms with Gasteiger partial charge in [0.05, 0.1) is 370 Å². The van der Waals surface area contributed by atoms with E-state index >= 15 is 0 Å². The van der Waals surface area contributed by atoms with Gasteiger partial charge < -0.3 is 206 Å². The topological polar surface area (TPSA) is 543 Å². The molecular formula is C77H164N4O38. The minimum Gasteiger partial charge on any atom is -0.394 e. The van der Waals surface area contributed by atoms with Gasteiger partial charge in [0.1, 0.15) is 48.8 Å². The quantitative estimate of drug-likeness (QED) is 0.0255. The molecule has 0 aliphatic carbocycles. The molecule has 0 saturated carbocycles. The van der Waals surface area contributed by atoms with Crippen molar-refractivity contribution >= 4 is 0 Å². The molecule has 0 aromatic rings. The normalized spacial score (nSPS) is 13.8. The first-order valence-corrected chi connectivity index (χ1v) is 41.6. The number of aliphatic hydroxyl groups is 8. The maximum atomic E-state index is 9.19. The average Bonchev–Trinajstić information content (AvgIpc) is 0.918. The highest BCUT2D eigenvalue weighted by Crippen LogP contribution is 2.09. The van der Waals surface area contributed by atoms with Crippen molar-refractivity contribution in [3.8, 4) is 0 Å². The summed E-state index contributed by atoms with van der Waals surface area (Å²) in [4.78, 5) is 0. The SMILES string of the molecule is C.NCCCOCCOCC(COCC(COCCOCCCN)OCCOCCCN)OCCOCCCN.OCCOCCOCC(COCC(COCC(COCC(COCC(COCC(COCCOCCO)OCCOCCO)OCCOCCO)OCCOCCO)OCCOCCO)OCCOCCO)OCCOCCO. The summed E-state index contributed by atoms with van der Waals surface area (Å²) >= 11 is 0. The van der Waals surface area contributed by atoms with Gasteiger partial charge in [-0.15, -0.1) is 0 Å². The highest BCUT2D eigenvalue weighted by molar-refractivity contribution is 4.67. The second-order valence-corrected chi connectivity index (χ2v) is 25.2. The second-order valence-electron chi connectivity index (χ2n) is 25.2. The van der Waals surface area contributed by atoms with E-state index in [2.05, 4.69) is 0 Å². The van der Waals surface area contributed by atoms with E-state index in [-0.39, 0.29) is 297 Å². The summed E-state index contributed by atoms with van der Waals surface area (Å²) in [5, 5.41) is 72.6. The first-order valence-electron chi connectivity index (χ1n) is 41.6. The van der Waals surface area contributed by atoms with Crippen molar-refractivity contribution in [2.45, 2.75) is 81.9 Å². The van der Waals surface area contributed by atoms with Gasteiger partial charge in [0.15, 0.2) is 0 Å². The van der Waals surface area contributed by atoms with E-state index in [1.165, 1.54) is 0 Å². The van der Waals surface area contributed by atoms with Gasteiger partial charge in [-0.3, -0.25) is 0 Å². The lowest BCUT2D eigenvalue weighted by molar-refractivity contribution is -0.131. The monoisotopic (exact) mass is 1750 g/mol. The highest BCUT2D eigenvalue weighted by atomic mass is 16.6. The fraction of sp³-hybridized carbons (Fsp3) is 1.00. The first-order chi connectivity index (χ1) is 58.3. The maximum absolute atomic E-state index is 9.19. The Hall–Kier alpha value is -1.68. The predicted molar refractivity (Wildman–Crippen MR) is 434 cm³/mol. The summed E-state index contributed by atoms with van der Waals surface area (Å²) in [5.74, 6) is 0. The largest absolute Gasteiger partial charge is 0.394 e. The van der Waals surface area contributed by atoms with Crippen molar-refractivity contribution in [3.05, 3.63) is 0 Å². The molecule has 0 saturated heterocycles. The summed E-state index contributed by atoms with van der Waals surface area (Å²) in [7, 11) is 0. The van der Waals surface area contributed by atoms with Crippen molar-refractivity contribution in [1.29, 1.82) is 0 Å². The Labute approximate surface area is 708 Å². The molecule has 0 aromatic heterocycles. The molecule has 0 spiro atoms. The van der Waals surface area contributed by atoms with E-state index < -0.39 is 36.6 Å². The van der Waals surface area contributed by atoms with Crippen molar-refractivity contribution in [1.82, 2.24) is 0 Å². The molecule has 119 heavy (non-hydrogen) atoms. The zero-order valence-corrected chi connectivity index (χ0v) is 70.8. The van der Waals surface area contributed by atoms with Crippen molar-refractivity contribution in [3.63, 3.8) is 0 Å². The summed E-state index contributed by atoms with van der Waals surface area (Å²) in [6, 6.07) is 0. The van der Waals surface area contributed by atoms with E-state index in [0.717, 1.165) is 25.7 Å². The summed E-state index contributed by atoms with van der Waals surface area (Å²) < 4.78 is 172. The van der Waals surface area contributed by atoms with E-state index in [1.54, 1.807) is 0 Å². The Morgan fingerprint density at radius 1 is 0.134 bits per heavy atom. The fourth-order valence-corrected chi connectivity index (χ4v) is 9.14. The van der Waals surface area contributed by atoms with Crippen molar-refractivity contribution in [2.75, 3.05) is 423 Å². The minimum absolute atomic E-state index is 0. The molecule has 16 N–H and O–H groups in total. The minimum atomic E-state index is -0.597. The Morgan fingerprint density at radius 2 is 0.244 bits per heavy atom. The van der Waals surface area contributed by atoms with E-state index in [1.807, 2.05) is 0 Å². The molecule has 0 fully saturated rings. The van der Waals surface area contributed by atoms with Gasteiger partial charge in [0.25, 0.3) is 0 Å². The molecule has 0 heterocycles. The molecule has 0 aromatic carbocycles. The summed E-state index contributed by atoms with van der Waals surface area (Å²) in [6.07, 6.45) is -0.503. The lowest BCUT2D eigenvalue weighted by atomic mass is 10.3. The lowest BCUT2D eigenvalue weighted by Gasteiger charge is -2.24. The standard InChI is InChI=1S/C50H102O29.C26H58N4O9.CH4/c51-1-9-59-17-19-67-33-45(74-27-21-61-11-3-53)35-69-37-47(76-29-23-63-13-5-55)39-71-41-49(78-31-25-65-15-7-57)43-73-44-50(79-32-26-66-16-8-58)42-72-40-48(77-30-24-64-14-6-56)38-70-36-46(75-28-22-62-12-4-54)34-68-20-18-60-10-2-52;27-5-1-9-31-13-15-35-21-25(38-19-17-33-11-3-7-29)23-37-24-26(39-20-18-34-12-4-8-30)22-36-16-14-32-10-2-6-28;/h45-58H,1-44H2;25-26H,1-24,27-30H2;1H4. The van der Waals surface area contributed by atoms with Crippen LogP contribution in [0.25, 0.3) is 0 Å². The molecule has 8 unspecified atom stereocenters. The number of hydrogen-bond donors (Lipinski definition) is 12. The molecule has 0 rings (SSSR count). The van der Waals surface area contributed by atoms with Crippen LogP contribution in [0.3, 0.4) is 0 Å². The molecule has 720 valence electrons. The van der Waals surface area contributed by atoms with Crippen molar-refractivity contribution < 1.29 is 183 Å². The highest BCUT2D eigenvalue weighted by Gasteiger charge is 2.22. The van der Waals surface area contributed by atoms with Crippen LogP contribution in [0.15, 0.2) is 0 Å². The molecule has 0 aliphatic heterocycles. The number of hydrogen-bond acceptors (Lipinski definition) is 42. The van der Waals surface area contributed by atoms with Crippen molar-refractivity contribution in [2.24, 2.45) is 22.9 Å². The van der Waals surface area contributed by atoms with Gasteiger partial charge in [-0.1, -0.05) is 7.43 Å². The maximum Gasteiger partial charge on any atom is 0.104 e. The Kier molecular flexibility index (Phi) is 109. The van der Waals surface area contributed by atoms with Gasteiger partial charge in [0, 0.05) is 26.4 Å². The number of ether oxygens (including phenoxy) is 30. The van der Waals surface area contributed by atoms with Crippen LogP contribution in [0.2, 0.25) is 0 Å². The zero-order chi connectivity index (χ0) is 85.9. The lowest BCUT2D eigenvalue weighted by Crippen LogP contribution is -2.36. The van der Waals surface area contributed by atoms with E-state index in [0.29, 0.717) is 145 Å². The zero-order valence-electron chi connectivity index (χ0n) is 70.8. The van der Waals surface area contributed by atoms with Crippen LogP contribution in [-0.4, -0.2) is 512 Å². The molecular weight excluding hydrogens is 1590 g/mol. The Morgan fingerprint density at radius 3 is 0.370 bits per heavy atom. The third-order valence-corrected chi connectivity index (χ3v) is 14.9. The van der Waals surface area contributed by atoms with Crippen LogP contribution in [0, 0.1) is 0 Å². The van der Waals surface area contributed by atoms with Gasteiger partial charge in [-0.05, 0) is 51.9 Å². The Balaban J connectivity index is -0.00000281. The summed E-state index contributed by atoms with van der Waals surface area (Å²) in [5.41, 5.74) is 21.9. The average molecular weight is 1750 g/mol. The number of nitrogens with two attached hydrogens (primary N) is 4. The number of rotatable bonds is 104. The van der Waals surface area contributed by atoms with Crippen LogP contribution in [0.1, 0.15) is 33.1 Å². The third kappa shape index (κ3) is 95.3. The second kappa shape index (κ2) is 107.